The lowest BCUT2D eigenvalue weighted by Gasteiger charge is -2.34. The maximum atomic E-state index is 13.0. The number of carbonyl (C=O) groups excluding carboxylic acids is 1. The summed E-state index contributed by atoms with van der Waals surface area (Å²) >= 11 is 5.86. The molecule has 0 atom stereocenters. The van der Waals surface area contributed by atoms with Crippen molar-refractivity contribution in [1.82, 2.24) is 14.9 Å². The summed E-state index contributed by atoms with van der Waals surface area (Å²) in [6.07, 6.45) is 10.8. The Hall–Kier alpha value is -1.94. The van der Waals surface area contributed by atoms with E-state index < -0.39 is 0 Å². The number of amides is 1. The lowest BCUT2D eigenvalue weighted by Crippen LogP contribution is -2.41. The molecule has 23 heavy (non-hydrogen) atoms. The second-order valence-electron chi connectivity index (χ2n) is 5.96. The predicted molar refractivity (Wildman–Crippen MR) is 90.2 cm³/mol. The molecule has 2 aromatic heterocycles. The summed E-state index contributed by atoms with van der Waals surface area (Å²) in [5.41, 5.74) is 1.64. The van der Waals surface area contributed by atoms with Gasteiger partial charge in [0.05, 0.1) is 5.56 Å². The number of rotatable bonds is 4. The SMILES string of the molecule is O=C(c1cccnc1)N(Cc1ccc(Cl)nc1)C1CCCCC1. The van der Waals surface area contributed by atoms with Gasteiger partial charge < -0.3 is 4.90 Å². The Balaban J connectivity index is 1.83. The minimum absolute atomic E-state index is 0.0416. The van der Waals surface area contributed by atoms with Crippen LogP contribution in [0.3, 0.4) is 0 Å². The molecule has 0 saturated heterocycles. The summed E-state index contributed by atoms with van der Waals surface area (Å²) in [6, 6.07) is 7.61. The highest BCUT2D eigenvalue weighted by Gasteiger charge is 2.26. The fourth-order valence-corrected chi connectivity index (χ4v) is 3.22. The number of hydrogen-bond acceptors (Lipinski definition) is 3. The molecular formula is C18H20ClN3O. The van der Waals surface area contributed by atoms with E-state index in [0.29, 0.717) is 17.3 Å². The van der Waals surface area contributed by atoms with E-state index in [1.165, 1.54) is 19.3 Å². The van der Waals surface area contributed by atoms with Crippen molar-refractivity contribution >= 4 is 17.5 Å². The fourth-order valence-electron chi connectivity index (χ4n) is 3.11. The van der Waals surface area contributed by atoms with Gasteiger partial charge in [0.25, 0.3) is 5.91 Å². The highest BCUT2D eigenvalue weighted by Crippen LogP contribution is 2.25. The summed E-state index contributed by atoms with van der Waals surface area (Å²) < 4.78 is 0. The number of carbonyl (C=O) groups is 1. The second-order valence-corrected chi connectivity index (χ2v) is 6.34. The molecular weight excluding hydrogens is 310 g/mol. The molecule has 2 aromatic rings. The average molecular weight is 330 g/mol. The summed E-state index contributed by atoms with van der Waals surface area (Å²) in [6.45, 7) is 0.558. The zero-order valence-corrected chi connectivity index (χ0v) is 13.7. The standard InChI is InChI=1S/C18H20ClN3O/c19-17-9-8-14(11-21-17)13-22(16-6-2-1-3-7-16)18(23)15-5-4-10-20-12-15/h4-5,8-12,16H,1-3,6-7,13H2. The van der Waals surface area contributed by atoms with Crippen LogP contribution >= 0.6 is 11.6 Å². The normalized spacial score (nSPS) is 15.3. The molecule has 0 aromatic carbocycles. The highest BCUT2D eigenvalue weighted by molar-refractivity contribution is 6.29. The third-order valence-corrected chi connectivity index (χ3v) is 4.55. The van der Waals surface area contributed by atoms with E-state index in [-0.39, 0.29) is 11.9 Å². The fraction of sp³-hybridized carbons (Fsp3) is 0.389. The number of nitrogens with zero attached hydrogens (tertiary/aromatic N) is 3. The van der Waals surface area contributed by atoms with Crippen molar-refractivity contribution in [2.75, 3.05) is 0 Å². The largest absolute Gasteiger partial charge is 0.331 e. The van der Waals surface area contributed by atoms with Crippen molar-refractivity contribution in [3.05, 3.63) is 59.1 Å². The Morgan fingerprint density at radius 2 is 2.00 bits per heavy atom. The summed E-state index contributed by atoms with van der Waals surface area (Å²) in [5.74, 6) is 0.0416. The van der Waals surface area contributed by atoms with Crippen molar-refractivity contribution in [1.29, 1.82) is 0 Å². The first-order chi connectivity index (χ1) is 11.2. The molecule has 1 fully saturated rings. The Labute approximate surface area is 141 Å². The van der Waals surface area contributed by atoms with Crippen LogP contribution in [0.4, 0.5) is 0 Å². The molecule has 1 aliphatic carbocycles. The highest BCUT2D eigenvalue weighted by atomic mass is 35.5. The minimum Gasteiger partial charge on any atom is -0.331 e. The molecule has 1 saturated carbocycles. The first-order valence-corrected chi connectivity index (χ1v) is 8.43. The Morgan fingerprint density at radius 3 is 2.65 bits per heavy atom. The van der Waals surface area contributed by atoms with Crippen LogP contribution < -0.4 is 0 Å². The average Bonchev–Trinajstić information content (AvgIpc) is 2.62. The molecule has 2 heterocycles. The molecule has 0 N–H and O–H groups in total. The number of pyridine rings is 2. The first-order valence-electron chi connectivity index (χ1n) is 8.05. The molecule has 3 rings (SSSR count). The lowest BCUT2D eigenvalue weighted by molar-refractivity contribution is 0.0613. The quantitative estimate of drug-likeness (QED) is 0.793. The third-order valence-electron chi connectivity index (χ3n) is 4.33. The van der Waals surface area contributed by atoms with E-state index in [9.17, 15) is 4.79 Å². The summed E-state index contributed by atoms with van der Waals surface area (Å²) in [4.78, 5) is 23.1. The maximum absolute atomic E-state index is 13.0. The van der Waals surface area contributed by atoms with E-state index in [1.54, 1.807) is 30.7 Å². The van der Waals surface area contributed by atoms with Crippen molar-refractivity contribution < 1.29 is 4.79 Å². The second kappa shape index (κ2) is 7.55. The zero-order chi connectivity index (χ0) is 16.1. The van der Waals surface area contributed by atoms with Crippen molar-refractivity contribution in [2.24, 2.45) is 0 Å². The number of aromatic nitrogens is 2. The van der Waals surface area contributed by atoms with Gasteiger partial charge in [0.15, 0.2) is 0 Å². The van der Waals surface area contributed by atoms with Crippen molar-refractivity contribution in [2.45, 2.75) is 44.7 Å². The summed E-state index contributed by atoms with van der Waals surface area (Å²) in [7, 11) is 0. The first kappa shape index (κ1) is 15.9. The Morgan fingerprint density at radius 1 is 1.17 bits per heavy atom. The van der Waals surface area contributed by atoms with Crippen LogP contribution in [0.15, 0.2) is 42.9 Å². The van der Waals surface area contributed by atoms with E-state index in [0.717, 1.165) is 18.4 Å². The maximum Gasteiger partial charge on any atom is 0.255 e. The van der Waals surface area contributed by atoms with Gasteiger partial charge in [0.1, 0.15) is 5.15 Å². The minimum atomic E-state index is 0.0416. The van der Waals surface area contributed by atoms with Crippen LogP contribution in [0.1, 0.15) is 48.0 Å². The Bertz CT molecular complexity index is 639. The smallest absolute Gasteiger partial charge is 0.255 e. The van der Waals surface area contributed by atoms with Gasteiger partial charge in [-0.15, -0.1) is 0 Å². The van der Waals surface area contributed by atoms with Crippen LogP contribution in [-0.2, 0) is 6.54 Å². The van der Waals surface area contributed by atoms with Gasteiger partial charge in [-0.2, -0.15) is 0 Å². The van der Waals surface area contributed by atoms with Crippen LogP contribution in [0.25, 0.3) is 0 Å². The number of halogens is 1. The van der Waals surface area contributed by atoms with E-state index in [2.05, 4.69) is 9.97 Å². The van der Waals surface area contributed by atoms with Crippen LogP contribution in [-0.4, -0.2) is 26.8 Å². The van der Waals surface area contributed by atoms with Gasteiger partial charge in [-0.25, -0.2) is 4.98 Å². The van der Waals surface area contributed by atoms with E-state index in [4.69, 9.17) is 11.6 Å². The van der Waals surface area contributed by atoms with Gasteiger partial charge in [-0.3, -0.25) is 9.78 Å². The zero-order valence-electron chi connectivity index (χ0n) is 13.0. The lowest BCUT2D eigenvalue weighted by atomic mass is 9.93. The predicted octanol–water partition coefficient (Wildman–Crippen LogP) is 4.11. The van der Waals surface area contributed by atoms with E-state index >= 15 is 0 Å². The molecule has 5 heteroatoms. The molecule has 1 amide bonds. The van der Waals surface area contributed by atoms with Crippen LogP contribution in [0.2, 0.25) is 5.15 Å². The van der Waals surface area contributed by atoms with Crippen LogP contribution in [0, 0.1) is 0 Å². The van der Waals surface area contributed by atoms with Gasteiger partial charge in [-0.1, -0.05) is 36.9 Å². The van der Waals surface area contributed by atoms with Gasteiger partial charge >= 0.3 is 0 Å². The topological polar surface area (TPSA) is 46.1 Å². The van der Waals surface area contributed by atoms with Crippen molar-refractivity contribution in [3.8, 4) is 0 Å². The molecule has 0 unspecified atom stereocenters. The Kier molecular flexibility index (Phi) is 5.23. The molecule has 1 aliphatic rings. The molecule has 0 aliphatic heterocycles. The van der Waals surface area contributed by atoms with E-state index in [1.807, 2.05) is 17.0 Å². The molecule has 0 spiro atoms. The molecule has 4 nitrogen and oxygen atoms in total. The van der Waals surface area contributed by atoms with Gasteiger partial charge in [0, 0.05) is 31.2 Å². The van der Waals surface area contributed by atoms with Gasteiger partial charge in [-0.05, 0) is 36.6 Å². The summed E-state index contributed by atoms with van der Waals surface area (Å²) in [5, 5.41) is 0.469. The molecule has 0 radical (unpaired) electrons. The number of hydrogen-bond donors (Lipinski definition) is 0. The molecule has 0 bridgehead atoms. The van der Waals surface area contributed by atoms with Crippen molar-refractivity contribution in [3.63, 3.8) is 0 Å². The molecule has 120 valence electrons. The monoisotopic (exact) mass is 329 g/mol. The van der Waals surface area contributed by atoms with Crippen LogP contribution in [0.5, 0.6) is 0 Å². The van der Waals surface area contributed by atoms with Gasteiger partial charge in [0.2, 0.25) is 0 Å². The third kappa shape index (κ3) is 4.08.